The minimum Gasteiger partial charge on any atom is -0.360 e. The van der Waals surface area contributed by atoms with Crippen LogP contribution in [0.15, 0.2) is 12.2 Å². The molecule has 2 heterocycles. The molecular weight excluding hydrogens is 180 g/mol. The first-order valence-corrected chi connectivity index (χ1v) is 4.86. The molecule has 0 aromatic carbocycles. The molecule has 0 N–H and O–H groups in total. The molecule has 76 valence electrons. The Hall–Kier alpha value is -0.960. The molecule has 0 amide bonds. The van der Waals surface area contributed by atoms with E-state index >= 15 is 0 Å². The van der Waals surface area contributed by atoms with Crippen molar-refractivity contribution in [1.82, 2.24) is 0 Å². The van der Waals surface area contributed by atoms with Crippen LogP contribution in [0.3, 0.4) is 0 Å². The van der Waals surface area contributed by atoms with E-state index in [1.54, 1.807) is 0 Å². The monoisotopic (exact) mass is 194 g/mol. The van der Waals surface area contributed by atoms with Crippen molar-refractivity contribution in [2.75, 3.05) is 0 Å². The molecule has 2 aliphatic heterocycles. The SMILES string of the molecule is C[C@]12C=C[C@](C)(O1)[C@@H](CC=O)C(=O)C2. The van der Waals surface area contributed by atoms with Gasteiger partial charge in [-0.1, -0.05) is 12.2 Å². The highest BCUT2D eigenvalue weighted by Gasteiger charge is 2.52. The summed E-state index contributed by atoms with van der Waals surface area (Å²) in [4.78, 5) is 22.3. The molecule has 14 heavy (non-hydrogen) atoms. The lowest BCUT2D eigenvalue weighted by atomic mass is 9.80. The molecule has 1 fully saturated rings. The number of carbonyl (C=O) groups excluding carboxylic acids is 2. The predicted molar refractivity (Wildman–Crippen MR) is 50.8 cm³/mol. The first-order chi connectivity index (χ1) is 6.49. The fourth-order valence-corrected chi connectivity index (χ4v) is 2.44. The fourth-order valence-electron chi connectivity index (χ4n) is 2.44. The fraction of sp³-hybridized carbons (Fsp3) is 0.636. The van der Waals surface area contributed by atoms with E-state index in [2.05, 4.69) is 0 Å². The van der Waals surface area contributed by atoms with Crippen LogP contribution in [0.2, 0.25) is 0 Å². The van der Waals surface area contributed by atoms with Crippen LogP contribution in [0, 0.1) is 5.92 Å². The van der Waals surface area contributed by atoms with Crippen LogP contribution in [0.25, 0.3) is 0 Å². The number of hydrogen-bond acceptors (Lipinski definition) is 3. The average molecular weight is 194 g/mol. The van der Waals surface area contributed by atoms with Gasteiger partial charge in [-0.3, -0.25) is 4.79 Å². The second-order valence-corrected chi connectivity index (χ2v) is 4.53. The average Bonchev–Trinajstić information content (AvgIpc) is 2.34. The van der Waals surface area contributed by atoms with Crippen LogP contribution in [0.4, 0.5) is 0 Å². The second kappa shape index (κ2) is 2.76. The van der Waals surface area contributed by atoms with Crippen LogP contribution < -0.4 is 0 Å². The van der Waals surface area contributed by atoms with E-state index in [0.29, 0.717) is 6.42 Å². The Labute approximate surface area is 83.1 Å². The molecule has 0 aliphatic carbocycles. The van der Waals surface area contributed by atoms with Gasteiger partial charge in [-0.2, -0.15) is 0 Å². The summed E-state index contributed by atoms with van der Waals surface area (Å²) in [6, 6.07) is 0. The van der Waals surface area contributed by atoms with Gasteiger partial charge in [0.25, 0.3) is 0 Å². The Morgan fingerprint density at radius 1 is 1.57 bits per heavy atom. The first-order valence-electron chi connectivity index (χ1n) is 4.86. The molecule has 3 nitrogen and oxygen atoms in total. The highest BCUT2D eigenvalue weighted by Crippen LogP contribution is 2.45. The molecule has 0 spiro atoms. The van der Waals surface area contributed by atoms with Gasteiger partial charge in [0.1, 0.15) is 12.1 Å². The van der Waals surface area contributed by atoms with Gasteiger partial charge >= 0.3 is 0 Å². The lowest BCUT2D eigenvalue weighted by molar-refractivity contribution is -0.164. The van der Waals surface area contributed by atoms with Crippen LogP contribution in [-0.2, 0) is 14.3 Å². The number of ketones is 1. The number of aldehydes is 1. The van der Waals surface area contributed by atoms with Crippen molar-refractivity contribution in [1.29, 1.82) is 0 Å². The van der Waals surface area contributed by atoms with Crippen LogP contribution in [-0.4, -0.2) is 23.3 Å². The maximum Gasteiger partial charge on any atom is 0.142 e. The van der Waals surface area contributed by atoms with Crippen molar-refractivity contribution >= 4 is 12.1 Å². The number of carbonyl (C=O) groups is 2. The molecule has 2 rings (SSSR count). The zero-order valence-corrected chi connectivity index (χ0v) is 8.45. The minimum absolute atomic E-state index is 0.137. The Balaban J connectivity index is 2.32. The summed E-state index contributed by atoms with van der Waals surface area (Å²) in [5.74, 6) is -0.162. The summed E-state index contributed by atoms with van der Waals surface area (Å²) in [5.41, 5.74) is -1.00. The van der Waals surface area contributed by atoms with Gasteiger partial charge in [-0.25, -0.2) is 0 Å². The zero-order valence-electron chi connectivity index (χ0n) is 8.45. The van der Waals surface area contributed by atoms with Crippen molar-refractivity contribution in [3.05, 3.63) is 12.2 Å². The Kier molecular flexibility index (Phi) is 1.89. The molecule has 2 aliphatic rings. The molecule has 0 saturated carbocycles. The van der Waals surface area contributed by atoms with Crippen LogP contribution >= 0.6 is 0 Å². The van der Waals surface area contributed by atoms with Crippen LogP contribution in [0.1, 0.15) is 26.7 Å². The molecule has 2 bridgehead atoms. The molecule has 1 saturated heterocycles. The molecule has 0 aromatic heterocycles. The standard InChI is InChI=1S/C11H14O3/c1-10-4-5-11(2,14-10)8(3-6-12)9(13)7-10/h4-6,8H,3,7H2,1-2H3/t8-,10+,11-/m0/s1. The highest BCUT2D eigenvalue weighted by atomic mass is 16.5. The topological polar surface area (TPSA) is 43.4 Å². The number of ether oxygens (including phenoxy) is 1. The summed E-state index contributed by atoms with van der Waals surface area (Å²) in [6.45, 7) is 3.78. The van der Waals surface area contributed by atoms with E-state index in [1.165, 1.54) is 0 Å². The van der Waals surface area contributed by atoms with Crippen molar-refractivity contribution < 1.29 is 14.3 Å². The van der Waals surface area contributed by atoms with Crippen LogP contribution in [0.5, 0.6) is 0 Å². The van der Waals surface area contributed by atoms with Gasteiger partial charge in [0.05, 0.1) is 17.1 Å². The molecule has 3 heteroatoms. The smallest absolute Gasteiger partial charge is 0.142 e. The largest absolute Gasteiger partial charge is 0.360 e. The van der Waals surface area contributed by atoms with E-state index < -0.39 is 11.2 Å². The van der Waals surface area contributed by atoms with Crippen molar-refractivity contribution in [2.45, 2.75) is 37.9 Å². The summed E-state index contributed by atoms with van der Waals surface area (Å²) < 4.78 is 5.82. The predicted octanol–water partition coefficient (Wildman–Crippen LogP) is 1.27. The van der Waals surface area contributed by atoms with Gasteiger partial charge in [-0.15, -0.1) is 0 Å². The lowest BCUT2D eigenvalue weighted by Gasteiger charge is -2.40. The van der Waals surface area contributed by atoms with E-state index in [1.807, 2.05) is 26.0 Å². The van der Waals surface area contributed by atoms with Gasteiger partial charge < -0.3 is 9.53 Å². The Bertz CT molecular complexity index is 320. The summed E-state index contributed by atoms with van der Waals surface area (Å²) in [6.07, 6.45) is 5.31. The Morgan fingerprint density at radius 2 is 2.29 bits per heavy atom. The molecule has 0 aromatic rings. The summed E-state index contributed by atoms with van der Waals surface area (Å²) in [5, 5.41) is 0. The zero-order chi connectivity index (χ0) is 10.4. The number of Topliss-reactive ketones (excluding diaryl/α,β-unsaturated/α-hetero) is 1. The van der Waals surface area contributed by atoms with E-state index in [4.69, 9.17) is 4.74 Å². The molecule has 0 unspecified atom stereocenters. The number of fused-ring (bicyclic) bond motifs is 2. The van der Waals surface area contributed by atoms with E-state index in [0.717, 1.165) is 6.29 Å². The lowest BCUT2D eigenvalue weighted by Crippen LogP contribution is -2.49. The first kappa shape index (κ1) is 9.59. The third-order valence-electron chi connectivity index (χ3n) is 3.16. The summed E-state index contributed by atoms with van der Waals surface area (Å²) in [7, 11) is 0. The van der Waals surface area contributed by atoms with Gasteiger partial charge in [-0.05, 0) is 13.8 Å². The highest BCUT2D eigenvalue weighted by molar-refractivity contribution is 5.87. The minimum atomic E-state index is -0.564. The second-order valence-electron chi connectivity index (χ2n) is 4.53. The summed E-state index contributed by atoms with van der Waals surface area (Å²) >= 11 is 0. The molecule has 3 atom stereocenters. The normalized spacial score (nSPS) is 45.6. The van der Waals surface area contributed by atoms with Gasteiger partial charge in [0, 0.05) is 12.8 Å². The Morgan fingerprint density at radius 3 is 2.93 bits per heavy atom. The van der Waals surface area contributed by atoms with Crippen molar-refractivity contribution in [3.8, 4) is 0 Å². The third-order valence-corrected chi connectivity index (χ3v) is 3.16. The maximum absolute atomic E-state index is 11.8. The quantitative estimate of drug-likeness (QED) is 0.491. The maximum atomic E-state index is 11.8. The molecule has 0 radical (unpaired) electrons. The van der Waals surface area contributed by atoms with Gasteiger partial charge in [0.2, 0.25) is 0 Å². The van der Waals surface area contributed by atoms with E-state index in [-0.39, 0.29) is 18.1 Å². The van der Waals surface area contributed by atoms with Crippen molar-refractivity contribution in [2.24, 2.45) is 5.92 Å². The number of hydrogen-bond donors (Lipinski definition) is 0. The molecular formula is C11H14O3. The van der Waals surface area contributed by atoms with E-state index in [9.17, 15) is 9.59 Å². The number of rotatable bonds is 2. The third kappa shape index (κ3) is 1.23. The van der Waals surface area contributed by atoms with Gasteiger partial charge in [0.15, 0.2) is 0 Å². The van der Waals surface area contributed by atoms with Crippen molar-refractivity contribution in [3.63, 3.8) is 0 Å².